The van der Waals surface area contributed by atoms with Crippen LogP contribution in [0.25, 0.3) is 10.8 Å². The fraction of sp³-hybridized carbons (Fsp3) is 0.0556. The number of nitrogens with zero attached hydrogens (tertiary/aromatic N) is 1. The van der Waals surface area contributed by atoms with Crippen LogP contribution in [-0.4, -0.2) is 7.11 Å². The molecule has 3 rings (SSSR count). The average Bonchev–Trinajstić information content (AvgIpc) is 2.55. The van der Waals surface area contributed by atoms with Crippen LogP contribution in [0.2, 0.25) is 0 Å². The molecule has 1 N–H and O–H groups in total. The maximum absolute atomic E-state index is 9.10. The van der Waals surface area contributed by atoms with Crippen molar-refractivity contribution >= 4 is 22.1 Å². The predicted octanol–water partition coefficient (Wildman–Crippen LogP) is 4.46. The molecule has 0 aliphatic heterocycles. The number of methoxy groups -OCH3 is 1. The molecule has 0 saturated carbocycles. The number of rotatable bonds is 3. The number of hydrogen-bond donors (Lipinski definition) is 1. The SMILES string of the molecule is COc1ccc2ccc(C#N)cc2c1Nc1ccccc1. The largest absolute Gasteiger partial charge is 0.495 e. The second-order valence-corrected chi connectivity index (χ2v) is 4.68. The summed E-state index contributed by atoms with van der Waals surface area (Å²) in [5.41, 5.74) is 2.48. The standard InChI is InChI=1S/C18H14N2O/c1-21-17-10-9-14-8-7-13(12-19)11-16(14)18(17)20-15-5-3-2-4-6-15/h2-11,20H,1H3. The summed E-state index contributed by atoms with van der Waals surface area (Å²) in [5, 5.41) is 14.5. The van der Waals surface area contributed by atoms with Gasteiger partial charge in [0, 0.05) is 11.1 Å². The van der Waals surface area contributed by atoms with Crippen LogP contribution in [0, 0.1) is 11.3 Å². The molecule has 0 aromatic heterocycles. The van der Waals surface area contributed by atoms with Gasteiger partial charge in [-0.1, -0.05) is 30.3 Å². The van der Waals surface area contributed by atoms with Crippen LogP contribution in [0.5, 0.6) is 5.75 Å². The molecule has 0 aliphatic carbocycles. The van der Waals surface area contributed by atoms with Crippen LogP contribution in [0.4, 0.5) is 11.4 Å². The molecule has 3 aromatic carbocycles. The summed E-state index contributed by atoms with van der Waals surface area (Å²) in [6.07, 6.45) is 0. The number of hydrogen-bond acceptors (Lipinski definition) is 3. The minimum Gasteiger partial charge on any atom is -0.495 e. The third-order valence-corrected chi connectivity index (χ3v) is 3.38. The lowest BCUT2D eigenvalue weighted by Gasteiger charge is -2.14. The summed E-state index contributed by atoms with van der Waals surface area (Å²) in [4.78, 5) is 0. The van der Waals surface area contributed by atoms with Gasteiger partial charge in [-0.3, -0.25) is 0 Å². The lowest BCUT2D eigenvalue weighted by molar-refractivity contribution is 0.417. The van der Waals surface area contributed by atoms with Crippen LogP contribution in [0.3, 0.4) is 0 Å². The van der Waals surface area contributed by atoms with Gasteiger partial charge in [0.25, 0.3) is 0 Å². The first-order valence-corrected chi connectivity index (χ1v) is 6.65. The van der Waals surface area contributed by atoms with Gasteiger partial charge in [0.05, 0.1) is 24.4 Å². The summed E-state index contributed by atoms with van der Waals surface area (Å²) in [7, 11) is 1.64. The second-order valence-electron chi connectivity index (χ2n) is 4.68. The van der Waals surface area contributed by atoms with Crippen LogP contribution >= 0.6 is 0 Å². The molecule has 0 aliphatic rings. The minimum absolute atomic E-state index is 0.631. The zero-order chi connectivity index (χ0) is 14.7. The third kappa shape index (κ3) is 2.52. The highest BCUT2D eigenvalue weighted by atomic mass is 16.5. The van der Waals surface area contributed by atoms with Crippen molar-refractivity contribution in [3.05, 3.63) is 66.2 Å². The van der Waals surface area contributed by atoms with Gasteiger partial charge in [0.1, 0.15) is 5.75 Å². The number of nitrogens with one attached hydrogen (secondary N) is 1. The predicted molar refractivity (Wildman–Crippen MR) is 84.9 cm³/mol. The quantitative estimate of drug-likeness (QED) is 0.766. The molecule has 0 saturated heterocycles. The van der Waals surface area contributed by atoms with Crippen molar-refractivity contribution in [3.63, 3.8) is 0 Å². The van der Waals surface area contributed by atoms with E-state index in [1.54, 1.807) is 7.11 Å². The van der Waals surface area contributed by atoms with Crippen molar-refractivity contribution in [1.82, 2.24) is 0 Å². The Kier molecular flexibility index (Phi) is 3.44. The molecule has 3 nitrogen and oxygen atoms in total. The molecule has 0 heterocycles. The fourth-order valence-electron chi connectivity index (χ4n) is 2.33. The Bertz CT molecular complexity index is 820. The van der Waals surface area contributed by atoms with Crippen molar-refractivity contribution < 1.29 is 4.74 Å². The monoisotopic (exact) mass is 274 g/mol. The minimum atomic E-state index is 0.631. The van der Waals surface area contributed by atoms with Crippen LogP contribution in [0.15, 0.2) is 60.7 Å². The lowest BCUT2D eigenvalue weighted by Crippen LogP contribution is -1.96. The van der Waals surface area contributed by atoms with Crippen LogP contribution in [-0.2, 0) is 0 Å². The van der Waals surface area contributed by atoms with Crippen molar-refractivity contribution in [1.29, 1.82) is 5.26 Å². The molecule has 21 heavy (non-hydrogen) atoms. The van der Waals surface area contributed by atoms with Crippen molar-refractivity contribution in [3.8, 4) is 11.8 Å². The normalized spacial score (nSPS) is 10.1. The first-order chi connectivity index (χ1) is 10.3. The van der Waals surface area contributed by atoms with E-state index in [1.165, 1.54) is 0 Å². The first-order valence-electron chi connectivity index (χ1n) is 6.65. The molecule has 0 fully saturated rings. The van der Waals surface area contributed by atoms with Gasteiger partial charge < -0.3 is 10.1 Å². The molecule has 0 spiro atoms. The summed E-state index contributed by atoms with van der Waals surface area (Å²) in [6, 6.07) is 21.6. The van der Waals surface area contributed by atoms with E-state index in [9.17, 15) is 0 Å². The third-order valence-electron chi connectivity index (χ3n) is 3.38. The van der Waals surface area contributed by atoms with E-state index in [0.29, 0.717) is 5.56 Å². The van der Waals surface area contributed by atoms with Gasteiger partial charge in [0.2, 0.25) is 0 Å². The first kappa shape index (κ1) is 13.0. The molecule has 0 radical (unpaired) electrons. The summed E-state index contributed by atoms with van der Waals surface area (Å²) in [5.74, 6) is 0.751. The van der Waals surface area contributed by atoms with Gasteiger partial charge in [-0.15, -0.1) is 0 Å². The molecule has 102 valence electrons. The van der Waals surface area contributed by atoms with E-state index >= 15 is 0 Å². The Labute approximate surface area is 123 Å². The average molecular weight is 274 g/mol. The highest BCUT2D eigenvalue weighted by Gasteiger charge is 2.09. The Morgan fingerprint density at radius 2 is 1.76 bits per heavy atom. The number of para-hydroxylation sites is 1. The number of fused-ring (bicyclic) bond motifs is 1. The molecule has 0 atom stereocenters. The topological polar surface area (TPSA) is 45.0 Å². The van der Waals surface area contributed by atoms with E-state index in [0.717, 1.165) is 27.9 Å². The highest BCUT2D eigenvalue weighted by molar-refractivity contribution is 5.99. The van der Waals surface area contributed by atoms with Crippen molar-refractivity contribution in [2.45, 2.75) is 0 Å². The van der Waals surface area contributed by atoms with Crippen LogP contribution < -0.4 is 10.1 Å². The Morgan fingerprint density at radius 3 is 2.48 bits per heavy atom. The summed E-state index contributed by atoms with van der Waals surface area (Å²) in [6.45, 7) is 0. The van der Waals surface area contributed by atoms with Gasteiger partial charge in [0.15, 0.2) is 0 Å². The number of nitriles is 1. The number of ether oxygens (including phenoxy) is 1. The highest BCUT2D eigenvalue weighted by Crippen LogP contribution is 2.35. The maximum Gasteiger partial charge on any atom is 0.142 e. The molecule has 0 bridgehead atoms. The molecule has 3 aromatic rings. The zero-order valence-electron chi connectivity index (χ0n) is 11.6. The Hall–Kier alpha value is -2.99. The van der Waals surface area contributed by atoms with Crippen molar-refractivity contribution in [2.75, 3.05) is 12.4 Å². The summed E-state index contributed by atoms with van der Waals surface area (Å²) >= 11 is 0. The molecule has 0 unspecified atom stereocenters. The lowest BCUT2D eigenvalue weighted by atomic mass is 10.0. The molecular weight excluding hydrogens is 260 g/mol. The van der Waals surface area contributed by atoms with E-state index in [1.807, 2.05) is 60.7 Å². The number of benzene rings is 3. The van der Waals surface area contributed by atoms with Gasteiger partial charge >= 0.3 is 0 Å². The Balaban J connectivity index is 2.20. The van der Waals surface area contributed by atoms with E-state index in [-0.39, 0.29) is 0 Å². The molecule has 0 amide bonds. The Morgan fingerprint density at radius 1 is 1.00 bits per heavy atom. The maximum atomic E-state index is 9.10. The van der Waals surface area contributed by atoms with Crippen LogP contribution in [0.1, 0.15) is 5.56 Å². The molecule has 3 heteroatoms. The van der Waals surface area contributed by atoms with Crippen molar-refractivity contribution in [2.24, 2.45) is 0 Å². The van der Waals surface area contributed by atoms with Gasteiger partial charge in [-0.05, 0) is 35.7 Å². The van der Waals surface area contributed by atoms with E-state index in [2.05, 4.69) is 11.4 Å². The second kappa shape index (κ2) is 5.56. The smallest absolute Gasteiger partial charge is 0.142 e. The molecular formula is C18H14N2O. The zero-order valence-corrected chi connectivity index (χ0v) is 11.6. The summed E-state index contributed by atoms with van der Waals surface area (Å²) < 4.78 is 5.45. The van der Waals surface area contributed by atoms with Gasteiger partial charge in [-0.25, -0.2) is 0 Å². The van der Waals surface area contributed by atoms with Gasteiger partial charge in [-0.2, -0.15) is 5.26 Å². The van der Waals surface area contributed by atoms with E-state index in [4.69, 9.17) is 10.00 Å². The van der Waals surface area contributed by atoms with E-state index < -0.39 is 0 Å². The fourth-order valence-corrected chi connectivity index (χ4v) is 2.33. The number of anilines is 2.